The number of allylic oxidation sites excluding steroid dienone is 1. The molecule has 2 bridgehead atoms. The topological polar surface area (TPSA) is 26.3 Å². The summed E-state index contributed by atoms with van der Waals surface area (Å²) in [6, 6.07) is 0. The molecule has 3 saturated carbocycles. The van der Waals surface area contributed by atoms with E-state index in [4.69, 9.17) is 4.74 Å². The molecule has 0 aromatic heterocycles. The fourth-order valence-corrected chi connectivity index (χ4v) is 7.14. The van der Waals surface area contributed by atoms with Crippen LogP contribution in [0, 0.1) is 41.4 Å². The minimum Gasteiger partial charge on any atom is -0.455 e. The molecule has 4 aliphatic carbocycles. The lowest BCUT2D eigenvalue weighted by atomic mass is 9.71. The molecule has 3 fully saturated rings. The predicted octanol–water partition coefficient (Wildman–Crippen LogP) is 5.37. The Balaban J connectivity index is 1.48. The molecule has 8 atom stereocenters. The molecule has 2 heteroatoms. The van der Waals surface area contributed by atoms with Crippen LogP contribution in [-0.2, 0) is 9.53 Å². The average molecular weight is 331 g/mol. The van der Waals surface area contributed by atoms with Crippen LogP contribution in [0.5, 0.6) is 0 Å². The van der Waals surface area contributed by atoms with Gasteiger partial charge in [-0.3, -0.25) is 4.79 Å². The largest absolute Gasteiger partial charge is 0.455 e. The minimum absolute atomic E-state index is 0.129. The molecule has 0 aromatic rings. The van der Waals surface area contributed by atoms with Crippen molar-refractivity contribution in [3.8, 4) is 0 Å². The number of carbonyl (C=O) groups excluding carboxylic acids is 1. The molecule has 0 saturated heterocycles. The Kier molecular flexibility index (Phi) is 4.29. The molecule has 0 amide bonds. The number of hydrogen-bond acceptors (Lipinski definition) is 2. The van der Waals surface area contributed by atoms with E-state index in [1.807, 2.05) is 0 Å². The highest BCUT2D eigenvalue weighted by Crippen LogP contribution is 2.65. The molecule has 0 aliphatic heterocycles. The van der Waals surface area contributed by atoms with Crippen LogP contribution < -0.4 is 0 Å². The third kappa shape index (κ3) is 2.47. The van der Waals surface area contributed by atoms with Gasteiger partial charge in [0.25, 0.3) is 0 Å². The van der Waals surface area contributed by atoms with Crippen molar-refractivity contribution in [1.82, 2.24) is 0 Å². The molecular weight excluding hydrogens is 296 g/mol. The van der Waals surface area contributed by atoms with Crippen LogP contribution in [0.1, 0.15) is 72.1 Å². The van der Waals surface area contributed by atoms with Crippen LogP contribution in [-0.4, -0.2) is 11.6 Å². The Bertz CT molecular complexity index is 524. The number of fused-ring (bicyclic) bond motifs is 5. The summed E-state index contributed by atoms with van der Waals surface area (Å²) in [6.45, 7) is 6.93. The van der Waals surface area contributed by atoms with Crippen molar-refractivity contribution in [2.75, 3.05) is 0 Å². The zero-order valence-electron chi connectivity index (χ0n) is 15.7. The van der Waals surface area contributed by atoms with Crippen LogP contribution in [0.25, 0.3) is 0 Å². The fraction of sp³-hybridized carbons (Fsp3) is 0.864. The van der Waals surface area contributed by atoms with E-state index in [1.165, 1.54) is 25.7 Å². The van der Waals surface area contributed by atoms with Crippen molar-refractivity contribution >= 4 is 5.97 Å². The Labute approximate surface area is 147 Å². The van der Waals surface area contributed by atoms with Gasteiger partial charge in [-0.15, -0.1) is 0 Å². The summed E-state index contributed by atoms with van der Waals surface area (Å²) in [5.74, 6) is 5.20. The number of esters is 1. The summed E-state index contributed by atoms with van der Waals surface area (Å²) in [4.78, 5) is 13.0. The van der Waals surface area contributed by atoms with Crippen molar-refractivity contribution < 1.29 is 9.53 Å². The standard InChI is InChI=1S/C22H34O2/c1-4-8-15-11-14(3)19-16-12-17(20(15)19)18(13-16)21(23)24-22(5-2)9-6-7-10-22/h6,9,14-20H,4-5,7-8,10-13H2,1-3H3. The molecule has 4 aliphatic rings. The Morgan fingerprint density at radius 2 is 2.04 bits per heavy atom. The molecule has 2 nitrogen and oxygen atoms in total. The van der Waals surface area contributed by atoms with E-state index in [9.17, 15) is 4.79 Å². The molecule has 0 radical (unpaired) electrons. The van der Waals surface area contributed by atoms with Gasteiger partial charge in [0.15, 0.2) is 0 Å². The van der Waals surface area contributed by atoms with E-state index >= 15 is 0 Å². The molecule has 8 unspecified atom stereocenters. The smallest absolute Gasteiger partial charge is 0.310 e. The number of rotatable bonds is 5. The third-order valence-electron chi connectivity index (χ3n) is 8.03. The maximum absolute atomic E-state index is 13.0. The number of carbonyl (C=O) groups is 1. The zero-order chi connectivity index (χ0) is 16.9. The maximum atomic E-state index is 13.0. The van der Waals surface area contributed by atoms with Gasteiger partial charge in [-0.2, -0.15) is 0 Å². The molecule has 24 heavy (non-hydrogen) atoms. The fourth-order valence-electron chi connectivity index (χ4n) is 7.14. The van der Waals surface area contributed by atoms with Crippen LogP contribution in [0.2, 0.25) is 0 Å². The molecule has 134 valence electrons. The molecule has 0 heterocycles. The van der Waals surface area contributed by atoms with Gasteiger partial charge in [-0.1, -0.05) is 39.7 Å². The van der Waals surface area contributed by atoms with Gasteiger partial charge in [-0.25, -0.2) is 0 Å². The van der Waals surface area contributed by atoms with E-state index in [2.05, 4.69) is 32.9 Å². The van der Waals surface area contributed by atoms with Crippen molar-refractivity contribution in [2.45, 2.75) is 77.7 Å². The number of ether oxygens (including phenoxy) is 1. The minimum atomic E-state index is -0.288. The first-order chi connectivity index (χ1) is 11.6. The van der Waals surface area contributed by atoms with Gasteiger partial charge in [-0.05, 0) is 80.1 Å². The first-order valence-electron chi connectivity index (χ1n) is 10.5. The summed E-state index contributed by atoms with van der Waals surface area (Å²) in [6.07, 6.45) is 13.7. The van der Waals surface area contributed by atoms with Gasteiger partial charge in [0.2, 0.25) is 0 Å². The summed E-state index contributed by atoms with van der Waals surface area (Å²) < 4.78 is 6.13. The first kappa shape index (κ1) is 16.7. The van der Waals surface area contributed by atoms with Gasteiger partial charge in [0, 0.05) is 0 Å². The molecule has 0 spiro atoms. The van der Waals surface area contributed by atoms with Crippen molar-refractivity contribution in [3.05, 3.63) is 12.2 Å². The van der Waals surface area contributed by atoms with Crippen LogP contribution >= 0.6 is 0 Å². The zero-order valence-corrected chi connectivity index (χ0v) is 15.7. The highest BCUT2D eigenvalue weighted by Gasteiger charge is 2.61. The van der Waals surface area contributed by atoms with Gasteiger partial charge in [0.05, 0.1) is 5.92 Å². The van der Waals surface area contributed by atoms with E-state index in [-0.39, 0.29) is 17.5 Å². The van der Waals surface area contributed by atoms with Gasteiger partial charge >= 0.3 is 5.97 Å². The lowest BCUT2D eigenvalue weighted by Crippen LogP contribution is -2.39. The lowest BCUT2D eigenvalue weighted by molar-refractivity contribution is -0.164. The monoisotopic (exact) mass is 330 g/mol. The van der Waals surface area contributed by atoms with Crippen LogP contribution in [0.3, 0.4) is 0 Å². The highest BCUT2D eigenvalue weighted by molar-refractivity contribution is 5.74. The summed E-state index contributed by atoms with van der Waals surface area (Å²) >= 11 is 0. The van der Waals surface area contributed by atoms with Crippen molar-refractivity contribution in [2.24, 2.45) is 41.4 Å². The van der Waals surface area contributed by atoms with Crippen LogP contribution in [0.4, 0.5) is 0 Å². The Morgan fingerprint density at radius 1 is 1.21 bits per heavy atom. The third-order valence-corrected chi connectivity index (χ3v) is 8.03. The first-order valence-corrected chi connectivity index (χ1v) is 10.5. The quantitative estimate of drug-likeness (QED) is 0.500. The normalized spacial score (nSPS) is 48.9. The van der Waals surface area contributed by atoms with E-state index < -0.39 is 0 Å². The van der Waals surface area contributed by atoms with E-state index in [0.717, 1.165) is 55.3 Å². The second kappa shape index (κ2) is 6.18. The van der Waals surface area contributed by atoms with E-state index in [1.54, 1.807) is 0 Å². The van der Waals surface area contributed by atoms with Crippen molar-refractivity contribution in [3.63, 3.8) is 0 Å². The summed E-state index contributed by atoms with van der Waals surface area (Å²) in [7, 11) is 0. The highest BCUT2D eigenvalue weighted by atomic mass is 16.6. The Hall–Kier alpha value is -0.790. The van der Waals surface area contributed by atoms with Gasteiger partial charge < -0.3 is 4.74 Å². The molecule has 4 rings (SSSR count). The lowest BCUT2D eigenvalue weighted by Gasteiger charge is -2.36. The number of hydrogen-bond donors (Lipinski definition) is 0. The van der Waals surface area contributed by atoms with Crippen molar-refractivity contribution in [1.29, 1.82) is 0 Å². The predicted molar refractivity (Wildman–Crippen MR) is 96.4 cm³/mol. The molecule has 0 N–H and O–H groups in total. The van der Waals surface area contributed by atoms with E-state index in [0.29, 0.717) is 5.92 Å². The summed E-state index contributed by atoms with van der Waals surface area (Å²) in [5.41, 5.74) is -0.288. The average Bonchev–Trinajstić information content (AvgIpc) is 3.31. The Morgan fingerprint density at radius 3 is 2.71 bits per heavy atom. The second-order valence-electron chi connectivity index (χ2n) is 9.20. The molecule has 0 aromatic carbocycles. The SMILES string of the molecule is CCCC1CC(C)C2C3CC(C(=O)OC4(CC)C=CCC4)C(C3)C12. The van der Waals surface area contributed by atoms with Gasteiger partial charge in [0.1, 0.15) is 5.60 Å². The molecular formula is C22H34O2. The van der Waals surface area contributed by atoms with Crippen LogP contribution in [0.15, 0.2) is 12.2 Å². The maximum Gasteiger partial charge on any atom is 0.310 e. The summed E-state index contributed by atoms with van der Waals surface area (Å²) in [5, 5.41) is 0. The second-order valence-corrected chi connectivity index (χ2v) is 9.20.